The highest BCUT2D eigenvalue weighted by atomic mass is 32.2. The lowest BCUT2D eigenvalue weighted by Crippen LogP contribution is -2.30. The first-order chi connectivity index (χ1) is 7.94. The molecule has 1 aliphatic heterocycles. The number of halogens is 3. The number of carbonyl (C=O) groups is 1. The van der Waals surface area contributed by atoms with Crippen LogP contribution in [0.25, 0.3) is 0 Å². The minimum atomic E-state index is -1.12. The van der Waals surface area contributed by atoms with E-state index in [0.29, 0.717) is 18.6 Å². The van der Waals surface area contributed by atoms with Gasteiger partial charge in [0.15, 0.2) is 5.78 Å². The monoisotopic (exact) mass is 260 g/mol. The van der Waals surface area contributed by atoms with Gasteiger partial charge in [-0.25, -0.2) is 13.2 Å². The molecule has 1 nitrogen and oxygen atoms in total. The molecule has 92 valence electrons. The van der Waals surface area contributed by atoms with E-state index in [9.17, 15) is 18.0 Å². The van der Waals surface area contributed by atoms with Gasteiger partial charge in [-0.1, -0.05) is 0 Å². The molecule has 0 spiro atoms. The van der Waals surface area contributed by atoms with E-state index >= 15 is 0 Å². The summed E-state index contributed by atoms with van der Waals surface area (Å²) >= 11 is 1.39. The molecule has 1 saturated heterocycles. The first kappa shape index (κ1) is 12.5. The van der Waals surface area contributed by atoms with Gasteiger partial charge in [0.25, 0.3) is 0 Å². The van der Waals surface area contributed by atoms with E-state index in [-0.39, 0.29) is 0 Å². The number of rotatable bonds is 2. The van der Waals surface area contributed by atoms with Crippen LogP contribution in [0.1, 0.15) is 30.1 Å². The van der Waals surface area contributed by atoms with Crippen molar-refractivity contribution < 1.29 is 18.0 Å². The summed E-state index contributed by atoms with van der Waals surface area (Å²) < 4.78 is 38.9. The zero-order chi connectivity index (χ0) is 12.6. The summed E-state index contributed by atoms with van der Waals surface area (Å²) in [6, 6.07) is 1.08. The summed E-state index contributed by atoms with van der Waals surface area (Å²) in [5, 5.41) is 0. The van der Waals surface area contributed by atoms with Crippen LogP contribution >= 0.6 is 11.8 Å². The molecule has 1 aromatic carbocycles. The molecule has 2 rings (SSSR count). The van der Waals surface area contributed by atoms with Gasteiger partial charge < -0.3 is 0 Å². The van der Waals surface area contributed by atoms with Gasteiger partial charge in [0.2, 0.25) is 0 Å². The van der Waals surface area contributed by atoms with Gasteiger partial charge in [0.1, 0.15) is 17.5 Å². The highest BCUT2D eigenvalue weighted by Crippen LogP contribution is 2.41. The maximum absolute atomic E-state index is 13.5. The Hall–Kier alpha value is -0.970. The third kappa shape index (κ3) is 2.20. The van der Waals surface area contributed by atoms with Crippen molar-refractivity contribution in [1.82, 2.24) is 0 Å². The molecule has 1 atom stereocenters. The number of carbonyl (C=O) groups excluding carboxylic acids is 1. The van der Waals surface area contributed by atoms with E-state index in [1.165, 1.54) is 11.8 Å². The fourth-order valence-electron chi connectivity index (χ4n) is 1.98. The quantitative estimate of drug-likeness (QED) is 0.756. The fraction of sp³-hybridized carbons (Fsp3) is 0.417. The molecule has 0 aromatic heterocycles. The number of ketones is 1. The average molecular weight is 260 g/mol. The SMILES string of the molecule is CC1(C(=O)c2c(F)cc(F)cc2F)CCCS1. The summed E-state index contributed by atoms with van der Waals surface area (Å²) in [5.41, 5.74) is -0.622. The Labute approximate surface area is 101 Å². The van der Waals surface area contributed by atoms with Crippen LogP contribution in [0.2, 0.25) is 0 Å². The van der Waals surface area contributed by atoms with Crippen LogP contribution in [0.5, 0.6) is 0 Å². The standard InChI is InChI=1S/C12H11F3OS/c1-12(3-2-4-17-12)11(16)10-8(14)5-7(13)6-9(10)15/h5-6H,2-4H2,1H3. The first-order valence-electron chi connectivity index (χ1n) is 5.27. The molecule has 1 aliphatic rings. The average Bonchev–Trinajstić information content (AvgIpc) is 2.64. The lowest BCUT2D eigenvalue weighted by atomic mass is 9.94. The van der Waals surface area contributed by atoms with Gasteiger partial charge in [-0.15, -0.1) is 11.8 Å². The minimum absolute atomic E-state index is 0.541. The summed E-state index contributed by atoms with van der Waals surface area (Å²) in [7, 11) is 0. The van der Waals surface area contributed by atoms with Crippen LogP contribution in [0.4, 0.5) is 13.2 Å². The molecular weight excluding hydrogens is 249 g/mol. The van der Waals surface area contributed by atoms with Crippen LogP contribution in [0.15, 0.2) is 12.1 Å². The second kappa shape index (κ2) is 4.37. The lowest BCUT2D eigenvalue weighted by Gasteiger charge is -2.21. The minimum Gasteiger partial charge on any atom is -0.292 e. The predicted octanol–water partition coefficient (Wildman–Crippen LogP) is 3.57. The predicted molar refractivity (Wildman–Crippen MR) is 60.7 cm³/mol. The number of Topliss-reactive ketones (excluding diaryl/α,β-unsaturated/α-hetero) is 1. The molecule has 1 unspecified atom stereocenters. The molecule has 5 heteroatoms. The molecule has 0 saturated carbocycles. The Morgan fingerprint density at radius 2 is 1.88 bits per heavy atom. The second-order valence-electron chi connectivity index (χ2n) is 4.26. The number of thioether (sulfide) groups is 1. The zero-order valence-electron chi connectivity index (χ0n) is 9.23. The molecular formula is C12H11F3OS. The van der Waals surface area contributed by atoms with Gasteiger partial charge in [-0.3, -0.25) is 4.79 Å². The highest BCUT2D eigenvalue weighted by Gasteiger charge is 2.40. The molecule has 1 fully saturated rings. The Morgan fingerprint density at radius 3 is 2.35 bits per heavy atom. The topological polar surface area (TPSA) is 17.1 Å². The fourth-order valence-corrected chi connectivity index (χ4v) is 3.24. The Morgan fingerprint density at radius 1 is 1.29 bits per heavy atom. The Kier molecular flexibility index (Phi) is 3.21. The Balaban J connectivity index is 2.44. The lowest BCUT2D eigenvalue weighted by molar-refractivity contribution is 0.0940. The van der Waals surface area contributed by atoms with Crippen molar-refractivity contribution in [3.63, 3.8) is 0 Å². The number of hydrogen-bond acceptors (Lipinski definition) is 2. The van der Waals surface area contributed by atoms with Crippen LogP contribution in [-0.4, -0.2) is 16.3 Å². The van der Waals surface area contributed by atoms with E-state index in [1.807, 2.05) is 0 Å². The van der Waals surface area contributed by atoms with Crippen molar-refractivity contribution >= 4 is 17.5 Å². The summed E-state index contributed by atoms with van der Waals surface area (Å²) in [6.45, 7) is 1.68. The molecule has 1 heterocycles. The second-order valence-corrected chi connectivity index (χ2v) is 5.85. The number of hydrogen-bond donors (Lipinski definition) is 0. The third-order valence-corrected chi connectivity index (χ3v) is 4.45. The van der Waals surface area contributed by atoms with Crippen molar-refractivity contribution in [2.24, 2.45) is 0 Å². The molecule has 0 aliphatic carbocycles. The van der Waals surface area contributed by atoms with Gasteiger partial charge in [0, 0.05) is 12.1 Å². The summed E-state index contributed by atoms with van der Waals surface area (Å²) in [4.78, 5) is 12.1. The van der Waals surface area contributed by atoms with Crippen LogP contribution in [0.3, 0.4) is 0 Å². The summed E-state index contributed by atoms with van der Waals surface area (Å²) in [5.74, 6) is -3.05. The molecule has 0 N–H and O–H groups in total. The van der Waals surface area contributed by atoms with Gasteiger partial charge in [-0.05, 0) is 25.5 Å². The molecule has 17 heavy (non-hydrogen) atoms. The maximum Gasteiger partial charge on any atom is 0.184 e. The van der Waals surface area contributed by atoms with Gasteiger partial charge >= 0.3 is 0 Å². The van der Waals surface area contributed by atoms with Gasteiger partial charge in [-0.2, -0.15) is 0 Å². The largest absolute Gasteiger partial charge is 0.292 e. The van der Waals surface area contributed by atoms with E-state index in [0.717, 1.165) is 12.2 Å². The van der Waals surface area contributed by atoms with E-state index in [4.69, 9.17) is 0 Å². The normalized spacial score (nSPS) is 24.0. The van der Waals surface area contributed by atoms with Crippen molar-refractivity contribution in [3.05, 3.63) is 35.1 Å². The molecule has 0 amide bonds. The third-order valence-electron chi connectivity index (χ3n) is 2.93. The van der Waals surface area contributed by atoms with E-state index in [2.05, 4.69) is 0 Å². The summed E-state index contributed by atoms with van der Waals surface area (Å²) in [6.07, 6.45) is 1.43. The van der Waals surface area contributed by atoms with Crippen molar-refractivity contribution in [3.8, 4) is 0 Å². The van der Waals surface area contributed by atoms with Crippen LogP contribution < -0.4 is 0 Å². The van der Waals surface area contributed by atoms with E-state index < -0.39 is 33.5 Å². The molecule has 0 bridgehead atoms. The smallest absolute Gasteiger partial charge is 0.184 e. The zero-order valence-corrected chi connectivity index (χ0v) is 10.0. The van der Waals surface area contributed by atoms with Crippen molar-refractivity contribution in [2.45, 2.75) is 24.5 Å². The maximum atomic E-state index is 13.5. The van der Waals surface area contributed by atoms with Crippen molar-refractivity contribution in [2.75, 3.05) is 5.75 Å². The number of benzene rings is 1. The van der Waals surface area contributed by atoms with E-state index in [1.54, 1.807) is 6.92 Å². The van der Waals surface area contributed by atoms with Crippen molar-refractivity contribution in [1.29, 1.82) is 0 Å². The molecule has 0 radical (unpaired) electrons. The Bertz CT molecular complexity index is 444. The molecule has 1 aromatic rings. The van der Waals surface area contributed by atoms with Gasteiger partial charge in [0.05, 0.1) is 10.3 Å². The van der Waals surface area contributed by atoms with Crippen LogP contribution in [0, 0.1) is 17.5 Å². The van der Waals surface area contributed by atoms with Crippen LogP contribution in [-0.2, 0) is 0 Å². The first-order valence-corrected chi connectivity index (χ1v) is 6.26. The highest BCUT2D eigenvalue weighted by molar-refractivity contribution is 8.01.